The summed E-state index contributed by atoms with van der Waals surface area (Å²) in [5, 5.41) is 2.93. The first kappa shape index (κ1) is 19.6. The van der Waals surface area contributed by atoms with Gasteiger partial charge in [0.1, 0.15) is 5.60 Å². The quantitative estimate of drug-likeness (QED) is 0.868. The zero-order valence-corrected chi connectivity index (χ0v) is 17.3. The standard InChI is InChI=1S/C24H28N2O3/c1-23(2,3)22(28)25-14-17-8-10-18(11-9-17)21(27)26-13-12-24(16-26)20-7-5-4-6-19(20)15-29-24/h4-11H,12-16H2,1-3H3,(H,25,28). The maximum Gasteiger partial charge on any atom is 0.253 e. The minimum atomic E-state index is -0.414. The molecule has 0 bridgehead atoms. The van der Waals surface area contributed by atoms with Gasteiger partial charge in [0.25, 0.3) is 5.91 Å². The molecule has 1 N–H and O–H groups in total. The lowest BCUT2D eigenvalue weighted by Crippen LogP contribution is -2.34. The molecule has 29 heavy (non-hydrogen) atoms. The lowest BCUT2D eigenvalue weighted by atomic mass is 9.92. The van der Waals surface area contributed by atoms with Gasteiger partial charge in [0.2, 0.25) is 5.91 Å². The molecule has 2 amide bonds. The Morgan fingerprint density at radius 2 is 1.83 bits per heavy atom. The van der Waals surface area contributed by atoms with Gasteiger partial charge in [-0.25, -0.2) is 0 Å². The second-order valence-electron chi connectivity index (χ2n) is 9.05. The van der Waals surface area contributed by atoms with Gasteiger partial charge in [-0.1, -0.05) is 57.2 Å². The predicted octanol–water partition coefficient (Wildman–Crippen LogP) is 3.62. The van der Waals surface area contributed by atoms with Crippen LogP contribution in [0, 0.1) is 5.41 Å². The minimum absolute atomic E-state index is 0.0110. The molecule has 2 aliphatic heterocycles. The van der Waals surface area contributed by atoms with Crippen molar-refractivity contribution in [2.24, 2.45) is 5.41 Å². The van der Waals surface area contributed by atoms with Crippen molar-refractivity contribution in [2.45, 2.75) is 45.9 Å². The fraction of sp³-hybridized carbons (Fsp3) is 0.417. The maximum absolute atomic E-state index is 13.0. The second-order valence-corrected chi connectivity index (χ2v) is 9.05. The summed E-state index contributed by atoms with van der Waals surface area (Å²) in [5.41, 5.74) is 3.32. The first-order chi connectivity index (χ1) is 13.8. The zero-order chi connectivity index (χ0) is 20.6. The minimum Gasteiger partial charge on any atom is -0.364 e. The van der Waals surface area contributed by atoms with Crippen LogP contribution in [0.3, 0.4) is 0 Å². The van der Waals surface area contributed by atoms with E-state index in [1.54, 1.807) is 0 Å². The maximum atomic E-state index is 13.0. The van der Waals surface area contributed by atoms with Gasteiger partial charge in [0.15, 0.2) is 0 Å². The second kappa shape index (κ2) is 7.30. The molecule has 0 aliphatic carbocycles. The number of likely N-dealkylation sites (tertiary alicyclic amines) is 1. The van der Waals surface area contributed by atoms with E-state index in [9.17, 15) is 9.59 Å². The summed E-state index contributed by atoms with van der Waals surface area (Å²) in [6, 6.07) is 15.8. The fourth-order valence-corrected chi connectivity index (χ4v) is 4.07. The number of ether oxygens (including phenoxy) is 1. The van der Waals surface area contributed by atoms with E-state index in [0.717, 1.165) is 12.0 Å². The average molecular weight is 392 g/mol. The average Bonchev–Trinajstić information content (AvgIpc) is 3.31. The van der Waals surface area contributed by atoms with Gasteiger partial charge in [-0.3, -0.25) is 9.59 Å². The molecule has 2 heterocycles. The van der Waals surface area contributed by atoms with Crippen LogP contribution < -0.4 is 5.32 Å². The number of hydrogen-bond acceptors (Lipinski definition) is 3. The molecular formula is C24H28N2O3. The number of hydrogen-bond donors (Lipinski definition) is 1. The molecule has 0 aromatic heterocycles. The first-order valence-electron chi connectivity index (χ1n) is 10.2. The van der Waals surface area contributed by atoms with Gasteiger partial charge in [0, 0.05) is 24.1 Å². The predicted molar refractivity (Wildman–Crippen MR) is 111 cm³/mol. The molecule has 0 radical (unpaired) electrons. The normalized spacial score (nSPS) is 20.7. The highest BCUT2D eigenvalue weighted by atomic mass is 16.5. The molecule has 1 atom stereocenters. The molecule has 5 nitrogen and oxygen atoms in total. The van der Waals surface area contributed by atoms with E-state index in [1.807, 2.05) is 62.1 Å². The molecule has 1 fully saturated rings. The summed E-state index contributed by atoms with van der Waals surface area (Å²) in [4.78, 5) is 26.9. The van der Waals surface area contributed by atoms with Crippen molar-refractivity contribution in [3.8, 4) is 0 Å². The summed E-state index contributed by atoms with van der Waals surface area (Å²) >= 11 is 0. The van der Waals surface area contributed by atoms with Gasteiger partial charge in [-0.05, 0) is 35.2 Å². The SMILES string of the molecule is CC(C)(C)C(=O)NCc1ccc(C(=O)N2CCC3(C2)OCc2ccccc23)cc1. The number of carbonyl (C=O) groups is 2. The van der Waals surface area contributed by atoms with E-state index in [0.29, 0.717) is 31.8 Å². The number of benzene rings is 2. The molecule has 0 saturated carbocycles. The van der Waals surface area contributed by atoms with Crippen LogP contribution in [0.5, 0.6) is 0 Å². The summed E-state index contributed by atoms with van der Waals surface area (Å²) in [7, 11) is 0. The highest BCUT2D eigenvalue weighted by Crippen LogP contribution is 2.43. The lowest BCUT2D eigenvalue weighted by molar-refractivity contribution is -0.128. The largest absolute Gasteiger partial charge is 0.364 e. The molecule has 1 spiro atoms. The van der Waals surface area contributed by atoms with Crippen LogP contribution in [0.4, 0.5) is 0 Å². The number of amides is 2. The van der Waals surface area contributed by atoms with Crippen molar-refractivity contribution >= 4 is 11.8 Å². The van der Waals surface area contributed by atoms with Crippen molar-refractivity contribution in [1.82, 2.24) is 10.2 Å². The molecule has 4 rings (SSSR count). The van der Waals surface area contributed by atoms with Crippen molar-refractivity contribution < 1.29 is 14.3 Å². The number of carbonyl (C=O) groups excluding carboxylic acids is 2. The summed E-state index contributed by atoms with van der Waals surface area (Å²) < 4.78 is 6.15. The third-order valence-electron chi connectivity index (χ3n) is 5.87. The molecule has 2 aliphatic rings. The van der Waals surface area contributed by atoms with E-state index < -0.39 is 5.41 Å². The monoisotopic (exact) mass is 392 g/mol. The third-order valence-corrected chi connectivity index (χ3v) is 5.87. The molecule has 1 unspecified atom stereocenters. The fourth-order valence-electron chi connectivity index (χ4n) is 4.07. The van der Waals surface area contributed by atoms with Gasteiger partial charge >= 0.3 is 0 Å². The van der Waals surface area contributed by atoms with Crippen molar-refractivity contribution in [3.63, 3.8) is 0 Å². The summed E-state index contributed by atoms with van der Waals surface area (Å²) in [5.74, 6) is 0.0389. The van der Waals surface area contributed by atoms with Crippen LogP contribution in [-0.4, -0.2) is 29.8 Å². The molecule has 152 valence electrons. The van der Waals surface area contributed by atoms with Crippen LogP contribution in [0.15, 0.2) is 48.5 Å². The summed E-state index contributed by atoms with van der Waals surface area (Å²) in [6.45, 7) is 8.02. The number of nitrogens with zero attached hydrogens (tertiary/aromatic N) is 1. The first-order valence-corrected chi connectivity index (χ1v) is 10.2. The van der Waals surface area contributed by atoms with Crippen LogP contribution in [0.25, 0.3) is 0 Å². The Kier molecular flexibility index (Phi) is 4.95. The Hall–Kier alpha value is -2.66. The van der Waals surface area contributed by atoms with Gasteiger partial charge < -0.3 is 15.0 Å². The van der Waals surface area contributed by atoms with Crippen molar-refractivity contribution in [3.05, 3.63) is 70.8 Å². The summed E-state index contributed by atoms with van der Waals surface area (Å²) in [6.07, 6.45) is 0.826. The molecule has 2 aromatic rings. The molecular weight excluding hydrogens is 364 g/mol. The van der Waals surface area contributed by atoms with Crippen LogP contribution in [0.1, 0.15) is 54.2 Å². The number of nitrogens with one attached hydrogen (secondary N) is 1. The topological polar surface area (TPSA) is 58.6 Å². The van der Waals surface area contributed by atoms with Gasteiger partial charge in [-0.2, -0.15) is 0 Å². The Balaban J connectivity index is 1.40. The smallest absolute Gasteiger partial charge is 0.253 e. The van der Waals surface area contributed by atoms with Crippen LogP contribution in [0.2, 0.25) is 0 Å². The van der Waals surface area contributed by atoms with Gasteiger partial charge in [-0.15, -0.1) is 0 Å². The van der Waals surface area contributed by atoms with Crippen LogP contribution >= 0.6 is 0 Å². The van der Waals surface area contributed by atoms with E-state index in [4.69, 9.17) is 4.74 Å². The Morgan fingerprint density at radius 1 is 1.10 bits per heavy atom. The van der Waals surface area contributed by atoms with E-state index in [2.05, 4.69) is 17.4 Å². The number of rotatable bonds is 3. The van der Waals surface area contributed by atoms with Crippen LogP contribution in [-0.2, 0) is 28.3 Å². The Bertz CT molecular complexity index is 930. The highest BCUT2D eigenvalue weighted by molar-refractivity contribution is 5.94. The third kappa shape index (κ3) is 3.79. The highest BCUT2D eigenvalue weighted by Gasteiger charge is 2.46. The molecule has 2 aromatic carbocycles. The molecule has 1 saturated heterocycles. The number of fused-ring (bicyclic) bond motifs is 2. The van der Waals surface area contributed by atoms with Crippen molar-refractivity contribution in [2.75, 3.05) is 13.1 Å². The van der Waals surface area contributed by atoms with E-state index in [1.165, 1.54) is 11.1 Å². The molecule has 5 heteroatoms. The lowest BCUT2D eigenvalue weighted by Gasteiger charge is -2.25. The van der Waals surface area contributed by atoms with E-state index in [-0.39, 0.29) is 17.4 Å². The van der Waals surface area contributed by atoms with Crippen molar-refractivity contribution in [1.29, 1.82) is 0 Å². The Morgan fingerprint density at radius 3 is 2.55 bits per heavy atom. The van der Waals surface area contributed by atoms with Gasteiger partial charge in [0.05, 0.1) is 13.2 Å². The van der Waals surface area contributed by atoms with E-state index >= 15 is 0 Å². The zero-order valence-electron chi connectivity index (χ0n) is 17.3. The Labute approximate surface area is 172 Å².